The number of hydrogen-bond acceptors (Lipinski definition) is 7. The Morgan fingerprint density at radius 3 is 2.54 bits per heavy atom. The number of nitrogens with zero attached hydrogens (tertiary/aromatic N) is 6. The van der Waals surface area contributed by atoms with Crippen LogP contribution in [0.4, 0.5) is 5.95 Å². The molecule has 0 fully saturated rings. The molecule has 8 heteroatoms. The first-order valence-electron chi connectivity index (χ1n) is 9.24. The fourth-order valence-electron chi connectivity index (χ4n) is 3.11. The molecular formula is C18H28N8. The Labute approximate surface area is 155 Å². The molecule has 0 amide bonds. The van der Waals surface area contributed by atoms with E-state index in [1.54, 1.807) is 18.5 Å². The van der Waals surface area contributed by atoms with Crippen LogP contribution in [0.3, 0.4) is 0 Å². The second kappa shape index (κ2) is 7.72. The maximum atomic E-state index is 4.88. The average Bonchev–Trinajstić information content (AvgIpc) is 2.97. The Kier molecular flexibility index (Phi) is 5.39. The molecule has 1 aromatic rings. The second-order valence-corrected chi connectivity index (χ2v) is 6.82. The normalized spacial score (nSPS) is 21.0. The number of aromatic nitrogens is 2. The van der Waals surface area contributed by atoms with Crippen molar-refractivity contribution in [1.29, 1.82) is 0 Å². The lowest BCUT2D eigenvalue weighted by atomic mass is 10.1. The van der Waals surface area contributed by atoms with Gasteiger partial charge in [-0.3, -0.25) is 15.4 Å². The molecule has 2 aliphatic heterocycles. The van der Waals surface area contributed by atoms with Crippen molar-refractivity contribution < 1.29 is 0 Å². The molecule has 0 saturated carbocycles. The summed E-state index contributed by atoms with van der Waals surface area (Å²) >= 11 is 0. The van der Waals surface area contributed by atoms with Gasteiger partial charge in [-0.05, 0) is 18.9 Å². The van der Waals surface area contributed by atoms with Gasteiger partial charge in [0.1, 0.15) is 11.7 Å². The average molecular weight is 356 g/mol. The molecule has 0 aliphatic carbocycles. The summed E-state index contributed by atoms with van der Waals surface area (Å²) in [5, 5.41) is 12.1. The molecular weight excluding hydrogens is 328 g/mol. The van der Waals surface area contributed by atoms with Crippen LogP contribution in [0.1, 0.15) is 40.5 Å². The van der Waals surface area contributed by atoms with Crippen molar-refractivity contribution in [2.45, 2.75) is 52.7 Å². The maximum absolute atomic E-state index is 4.88. The van der Waals surface area contributed by atoms with Gasteiger partial charge in [-0.15, -0.1) is 0 Å². The number of hydrazine groups is 1. The third-order valence-electron chi connectivity index (χ3n) is 4.51. The molecule has 140 valence electrons. The highest BCUT2D eigenvalue weighted by atomic mass is 15.7. The minimum absolute atomic E-state index is 0.0862. The zero-order valence-corrected chi connectivity index (χ0v) is 16.1. The van der Waals surface area contributed by atoms with E-state index in [1.165, 1.54) is 0 Å². The third kappa shape index (κ3) is 3.63. The van der Waals surface area contributed by atoms with Crippen molar-refractivity contribution >= 4 is 17.6 Å². The van der Waals surface area contributed by atoms with E-state index in [0.717, 1.165) is 30.2 Å². The molecule has 0 saturated heterocycles. The highest BCUT2D eigenvalue weighted by Crippen LogP contribution is 2.26. The van der Waals surface area contributed by atoms with Gasteiger partial charge < -0.3 is 5.32 Å². The summed E-state index contributed by atoms with van der Waals surface area (Å²) in [5.41, 5.74) is 4.39. The van der Waals surface area contributed by atoms with Gasteiger partial charge in [0.05, 0.1) is 11.7 Å². The van der Waals surface area contributed by atoms with E-state index < -0.39 is 0 Å². The number of fused-ring (bicyclic) bond motifs is 1. The van der Waals surface area contributed by atoms with E-state index in [4.69, 9.17) is 10.1 Å². The Balaban J connectivity index is 1.96. The molecule has 1 atom stereocenters. The van der Waals surface area contributed by atoms with Gasteiger partial charge in [-0.1, -0.05) is 27.7 Å². The second-order valence-electron chi connectivity index (χ2n) is 6.82. The molecule has 0 aromatic carbocycles. The summed E-state index contributed by atoms with van der Waals surface area (Å²) < 4.78 is 0. The Bertz CT molecular complexity index is 705. The minimum Gasteiger partial charge on any atom is -0.324 e. The predicted molar refractivity (Wildman–Crippen MR) is 104 cm³/mol. The molecule has 1 aromatic heterocycles. The summed E-state index contributed by atoms with van der Waals surface area (Å²) in [4.78, 5) is 13.5. The molecule has 3 heterocycles. The van der Waals surface area contributed by atoms with Gasteiger partial charge in [0.25, 0.3) is 0 Å². The van der Waals surface area contributed by atoms with Crippen LogP contribution in [-0.2, 0) is 0 Å². The Hall–Kier alpha value is -2.64. The van der Waals surface area contributed by atoms with Crippen molar-refractivity contribution in [3.05, 3.63) is 30.2 Å². The number of nitrogens with one attached hydrogen (secondary N) is 2. The first kappa shape index (κ1) is 18.2. The number of rotatable bonds is 6. The van der Waals surface area contributed by atoms with E-state index in [2.05, 4.69) is 53.4 Å². The van der Waals surface area contributed by atoms with Crippen LogP contribution in [0.15, 0.2) is 40.3 Å². The number of anilines is 1. The van der Waals surface area contributed by atoms with Crippen LogP contribution >= 0.6 is 0 Å². The third-order valence-corrected chi connectivity index (χ3v) is 4.51. The number of amidine groups is 2. The summed E-state index contributed by atoms with van der Waals surface area (Å²) in [6.07, 6.45) is 7.41. The van der Waals surface area contributed by atoms with E-state index in [1.807, 2.05) is 18.1 Å². The van der Waals surface area contributed by atoms with Crippen LogP contribution in [0, 0.1) is 5.92 Å². The minimum atomic E-state index is -0.0862. The molecule has 1 unspecified atom stereocenters. The van der Waals surface area contributed by atoms with Gasteiger partial charge >= 0.3 is 0 Å². The zero-order chi connectivity index (χ0) is 18.7. The SMILES string of the molecule is CCC(CC)N=C1C=C(Nc2ncccn2)C2N(C)N=C(C(C)C)N2N1. The lowest BCUT2D eigenvalue weighted by molar-refractivity contribution is 0.167. The van der Waals surface area contributed by atoms with E-state index >= 15 is 0 Å². The van der Waals surface area contributed by atoms with Crippen molar-refractivity contribution in [3.8, 4) is 0 Å². The lowest BCUT2D eigenvalue weighted by Crippen LogP contribution is -2.57. The molecule has 2 aliphatic rings. The van der Waals surface area contributed by atoms with E-state index in [9.17, 15) is 0 Å². The fourth-order valence-corrected chi connectivity index (χ4v) is 3.11. The Morgan fingerprint density at radius 2 is 1.92 bits per heavy atom. The number of likely N-dealkylation sites (N-methyl/N-ethyl adjacent to an activating group) is 1. The number of aliphatic imine (C=N–C) groups is 1. The fraction of sp³-hybridized carbons (Fsp3) is 0.556. The van der Waals surface area contributed by atoms with Gasteiger partial charge in [-0.25, -0.2) is 15.0 Å². The zero-order valence-electron chi connectivity index (χ0n) is 16.1. The van der Waals surface area contributed by atoms with Crippen LogP contribution < -0.4 is 10.7 Å². The highest BCUT2D eigenvalue weighted by Gasteiger charge is 2.39. The summed E-state index contributed by atoms with van der Waals surface area (Å²) in [6, 6.07) is 2.09. The van der Waals surface area contributed by atoms with Gasteiger partial charge in [0.15, 0.2) is 6.17 Å². The van der Waals surface area contributed by atoms with Crippen LogP contribution in [0.2, 0.25) is 0 Å². The van der Waals surface area contributed by atoms with Crippen LogP contribution in [0.25, 0.3) is 0 Å². The number of hydrazone groups is 1. The van der Waals surface area contributed by atoms with Crippen molar-refractivity contribution in [2.75, 3.05) is 12.4 Å². The quantitative estimate of drug-likeness (QED) is 0.815. The van der Waals surface area contributed by atoms with Gasteiger partial charge in [0, 0.05) is 31.4 Å². The first-order chi connectivity index (χ1) is 12.5. The largest absolute Gasteiger partial charge is 0.324 e. The summed E-state index contributed by atoms with van der Waals surface area (Å²) in [5.74, 6) is 2.67. The lowest BCUT2D eigenvalue weighted by Gasteiger charge is -2.37. The number of hydrogen-bond donors (Lipinski definition) is 2. The monoisotopic (exact) mass is 356 g/mol. The predicted octanol–water partition coefficient (Wildman–Crippen LogP) is 2.42. The van der Waals surface area contributed by atoms with E-state index in [-0.39, 0.29) is 12.1 Å². The molecule has 2 N–H and O–H groups in total. The van der Waals surface area contributed by atoms with Crippen LogP contribution in [-0.4, -0.2) is 50.9 Å². The van der Waals surface area contributed by atoms with Crippen LogP contribution in [0.5, 0.6) is 0 Å². The molecule has 0 radical (unpaired) electrons. The van der Waals surface area contributed by atoms with Gasteiger partial charge in [-0.2, -0.15) is 5.10 Å². The van der Waals surface area contributed by atoms with Crippen molar-refractivity contribution in [2.24, 2.45) is 16.0 Å². The van der Waals surface area contributed by atoms with Crippen molar-refractivity contribution in [1.82, 2.24) is 25.4 Å². The molecule has 0 bridgehead atoms. The molecule has 26 heavy (non-hydrogen) atoms. The van der Waals surface area contributed by atoms with Crippen molar-refractivity contribution in [3.63, 3.8) is 0 Å². The van der Waals surface area contributed by atoms with E-state index in [0.29, 0.717) is 12.0 Å². The van der Waals surface area contributed by atoms with Gasteiger partial charge in [0.2, 0.25) is 5.95 Å². The molecule has 3 rings (SSSR count). The smallest absolute Gasteiger partial charge is 0.226 e. The Morgan fingerprint density at radius 1 is 1.23 bits per heavy atom. The standard InChI is InChI=1S/C18H28N8/c1-6-13(7-2)21-15-11-14(22-18-19-9-8-10-20-18)17-25(5)24-16(12(3)4)26(17)23-15/h8-13,17H,6-7H2,1-5H3,(H,21,23)(H,19,20,22). The maximum Gasteiger partial charge on any atom is 0.226 e. The highest BCUT2D eigenvalue weighted by molar-refractivity contribution is 5.98. The first-order valence-corrected chi connectivity index (χ1v) is 9.24. The molecule has 8 nitrogen and oxygen atoms in total. The summed E-state index contributed by atoms with van der Waals surface area (Å²) in [6.45, 7) is 8.60. The summed E-state index contributed by atoms with van der Waals surface area (Å²) in [7, 11) is 1.97. The molecule has 0 spiro atoms. The topological polar surface area (TPSA) is 81.0 Å².